The van der Waals surface area contributed by atoms with E-state index in [0.29, 0.717) is 18.3 Å². The van der Waals surface area contributed by atoms with Crippen LogP contribution in [0.5, 0.6) is 0 Å². The maximum Gasteiger partial charge on any atom is 0.239 e. The molecule has 1 atom stereocenters. The minimum Gasteiger partial charge on any atom is -0.309 e. The van der Waals surface area contributed by atoms with Crippen molar-refractivity contribution in [3.63, 3.8) is 0 Å². The van der Waals surface area contributed by atoms with Gasteiger partial charge in [0.25, 0.3) is 0 Å². The van der Waals surface area contributed by atoms with Gasteiger partial charge in [-0.15, -0.1) is 11.3 Å². The Labute approximate surface area is 185 Å². The van der Waals surface area contributed by atoms with Crippen LogP contribution in [0.25, 0.3) is 15.9 Å². The van der Waals surface area contributed by atoms with Crippen LogP contribution < -0.4 is 5.32 Å². The molecule has 0 spiro atoms. The quantitative estimate of drug-likeness (QED) is 0.501. The van der Waals surface area contributed by atoms with Crippen LogP contribution >= 0.6 is 11.3 Å². The summed E-state index contributed by atoms with van der Waals surface area (Å²) in [5.74, 6) is 1.08. The van der Waals surface area contributed by atoms with E-state index in [0.717, 1.165) is 42.8 Å². The maximum absolute atomic E-state index is 12.9. The van der Waals surface area contributed by atoms with Gasteiger partial charge in [-0.25, -0.2) is 9.67 Å². The van der Waals surface area contributed by atoms with Gasteiger partial charge in [-0.2, -0.15) is 5.10 Å². The van der Waals surface area contributed by atoms with Crippen LogP contribution in [0, 0.1) is 6.92 Å². The zero-order valence-electron chi connectivity index (χ0n) is 17.5. The molecule has 3 heterocycles. The monoisotopic (exact) mass is 431 g/mol. The van der Waals surface area contributed by atoms with E-state index in [-0.39, 0.29) is 5.91 Å². The van der Waals surface area contributed by atoms with Crippen molar-refractivity contribution in [2.24, 2.45) is 0 Å². The molecular formula is C24H25N5OS. The number of piperidine rings is 1. The number of para-hydroxylation sites is 2. The molecule has 0 aliphatic carbocycles. The van der Waals surface area contributed by atoms with Gasteiger partial charge in [0.1, 0.15) is 5.82 Å². The second kappa shape index (κ2) is 8.61. The molecule has 7 heteroatoms. The molecule has 2 aromatic carbocycles. The molecule has 31 heavy (non-hydrogen) atoms. The fraction of sp³-hybridized carbons (Fsp3) is 0.292. The molecular weight excluding hydrogens is 406 g/mol. The Morgan fingerprint density at radius 3 is 2.81 bits per heavy atom. The molecule has 0 radical (unpaired) electrons. The van der Waals surface area contributed by atoms with Crippen LogP contribution in [-0.4, -0.2) is 45.2 Å². The lowest BCUT2D eigenvalue weighted by Crippen LogP contribution is -2.40. The van der Waals surface area contributed by atoms with Gasteiger partial charge in [-0.05, 0) is 50.6 Å². The molecule has 5 rings (SSSR count). The molecule has 0 saturated carbocycles. The SMILES string of the molecule is Cc1cc(NC(=O)CN2CCC[C@H](c3nc4ccccc4s3)C2)n(-c2ccccc2)n1. The average Bonchev–Trinajstić information content (AvgIpc) is 3.38. The Hall–Kier alpha value is -3.03. The zero-order valence-corrected chi connectivity index (χ0v) is 18.3. The third-order valence-electron chi connectivity index (χ3n) is 5.63. The summed E-state index contributed by atoms with van der Waals surface area (Å²) >= 11 is 1.78. The number of nitrogens with zero attached hydrogens (tertiary/aromatic N) is 4. The van der Waals surface area contributed by atoms with Crippen molar-refractivity contribution in [3.8, 4) is 5.69 Å². The van der Waals surface area contributed by atoms with E-state index in [1.807, 2.05) is 49.4 Å². The largest absolute Gasteiger partial charge is 0.309 e. The minimum atomic E-state index is -0.0120. The Morgan fingerprint density at radius 2 is 1.97 bits per heavy atom. The number of anilines is 1. The fourth-order valence-corrected chi connectivity index (χ4v) is 5.30. The van der Waals surface area contributed by atoms with Crippen LogP contribution in [0.2, 0.25) is 0 Å². The van der Waals surface area contributed by atoms with E-state index in [1.54, 1.807) is 16.0 Å². The van der Waals surface area contributed by atoms with Crippen molar-refractivity contribution < 1.29 is 4.79 Å². The van der Waals surface area contributed by atoms with Crippen LogP contribution in [0.1, 0.15) is 29.5 Å². The molecule has 4 aromatic rings. The number of aryl methyl sites for hydroxylation is 1. The first-order valence-corrected chi connectivity index (χ1v) is 11.5. The summed E-state index contributed by atoms with van der Waals surface area (Å²) in [4.78, 5) is 19.9. The Morgan fingerprint density at radius 1 is 1.16 bits per heavy atom. The summed E-state index contributed by atoms with van der Waals surface area (Å²) in [6.07, 6.45) is 2.20. The van der Waals surface area contributed by atoms with Gasteiger partial charge < -0.3 is 5.32 Å². The average molecular weight is 432 g/mol. The van der Waals surface area contributed by atoms with Crippen LogP contribution in [0.3, 0.4) is 0 Å². The van der Waals surface area contributed by atoms with Gasteiger partial charge in [-0.3, -0.25) is 9.69 Å². The molecule has 1 aliphatic rings. The van der Waals surface area contributed by atoms with Gasteiger partial charge >= 0.3 is 0 Å². The first-order chi connectivity index (χ1) is 15.2. The fourth-order valence-electron chi connectivity index (χ4n) is 4.21. The Balaban J connectivity index is 1.26. The normalized spacial score (nSPS) is 17.1. The predicted octanol–water partition coefficient (Wildman–Crippen LogP) is 4.61. The van der Waals surface area contributed by atoms with E-state index in [2.05, 4.69) is 33.5 Å². The number of carbonyl (C=O) groups is 1. The lowest BCUT2D eigenvalue weighted by Gasteiger charge is -2.31. The lowest BCUT2D eigenvalue weighted by atomic mass is 9.99. The van der Waals surface area contributed by atoms with Crippen molar-refractivity contribution in [1.29, 1.82) is 0 Å². The predicted molar refractivity (Wildman–Crippen MR) is 125 cm³/mol. The number of aromatic nitrogens is 3. The van der Waals surface area contributed by atoms with Gasteiger partial charge in [0.2, 0.25) is 5.91 Å². The van der Waals surface area contributed by atoms with E-state index in [4.69, 9.17) is 4.98 Å². The van der Waals surface area contributed by atoms with Crippen molar-refractivity contribution in [1.82, 2.24) is 19.7 Å². The highest BCUT2D eigenvalue weighted by Gasteiger charge is 2.25. The van der Waals surface area contributed by atoms with Crippen molar-refractivity contribution in [2.75, 3.05) is 25.0 Å². The minimum absolute atomic E-state index is 0.0120. The van der Waals surface area contributed by atoms with Crippen molar-refractivity contribution in [3.05, 3.63) is 71.4 Å². The number of amides is 1. The standard InChI is InChI=1S/C24H25N5OS/c1-17-14-22(29(27-17)19-9-3-2-4-10-19)26-23(30)16-28-13-7-8-18(15-28)24-25-20-11-5-6-12-21(20)31-24/h2-6,9-12,14,18H,7-8,13,15-16H2,1H3,(H,26,30)/t18-/m0/s1. The second-order valence-electron chi connectivity index (χ2n) is 8.06. The number of benzene rings is 2. The maximum atomic E-state index is 12.9. The van der Waals surface area contributed by atoms with E-state index in [1.165, 1.54) is 9.71 Å². The molecule has 0 unspecified atom stereocenters. The Bertz CT molecular complexity index is 1170. The topological polar surface area (TPSA) is 63.1 Å². The summed E-state index contributed by atoms with van der Waals surface area (Å²) in [5, 5.41) is 8.78. The van der Waals surface area contributed by atoms with E-state index >= 15 is 0 Å². The van der Waals surface area contributed by atoms with Crippen LogP contribution in [0.15, 0.2) is 60.7 Å². The molecule has 1 N–H and O–H groups in total. The molecule has 6 nitrogen and oxygen atoms in total. The summed E-state index contributed by atoms with van der Waals surface area (Å²) in [7, 11) is 0. The van der Waals surface area contributed by atoms with Gasteiger partial charge in [-0.1, -0.05) is 30.3 Å². The number of carbonyl (C=O) groups excluding carboxylic acids is 1. The summed E-state index contributed by atoms with van der Waals surface area (Å²) < 4.78 is 3.02. The smallest absolute Gasteiger partial charge is 0.239 e. The molecule has 1 saturated heterocycles. The highest BCUT2D eigenvalue weighted by atomic mass is 32.1. The Kier molecular flexibility index (Phi) is 5.53. The van der Waals surface area contributed by atoms with Crippen LogP contribution in [-0.2, 0) is 4.79 Å². The van der Waals surface area contributed by atoms with E-state index in [9.17, 15) is 4.79 Å². The number of nitrogens with one attached hydrogen (secondary N) is 1. The molecule has 2 aromatic heterocycles. The molecule has 1 fully saturated rings. The summed E-state index contributed by atoms with van der Waals surface area (Å²) in [6, 6.07) is 20.1. The number of hydrogen-bond donors (Lipinski definition) is 1. The van der Waals surface area contributed by atoms with Crippen LogP contribution in [0.4, 0.5) is 5.82 Å². The number of fused-ring (bicyclic) bond motifs is 1. The number of hydrogen-bond acceptors (Lipinski definition) is 5. The van der Waals surface area contributed by atoms with Crippen molar-refractivity contribution in [2.45, 2.75) is 25.7 Å². The lowest BCUT2D eigenvalue weighted by molar-refractivity contribution is -0.117. The van der Waals surface area contributed by atoms with E-state index < -0.39 is 0 Å². The van der Waals surface area contributed by atoms with Gasteiger partial charge in [0, 0.05) is 18.5 Å². The first kappa shape index (κ1) is 19.9. The summed E-state index contributed by atoms with van der Waals surface area (Å²) in [6.45, 7) is 4.11. The first-order valence-electron chi connectivity index (χ1n) is 10.7. The highest BCUT2D eigenvalue weighted by molar-refractivity contribution is 7.18. The van der Waals surface area contributed by atoms with Gasteiger partial charge in [0.05, 0.1) is 33.2 Å². The molecule has 1 aliphatic heterocycles. The number of likely N-dealkylation sites (tertiary alicyclic amines) is 1. The zero-order chi connectivity index (χ0) is 21.2. The van der Waals surface area contributed by atoms with Gasteiger partial charge in [0.15, 0.2) is 0 Å². The second-order valence-corrected chi connectivity index (χ2v) is 9.12. The number of thiazole rings is 1. The third-order valence-corrected chi connectivity index (χ3v) is 6.83. The summed E-state index contributed by atoms with van der Waals surface area (Å²) in [5.41, 5.74) is 2.87. The highest BCUT2D eigenvalue weighted by Crippen LogP contribution is 2.32. The molecule has 0 bridgehead atoms. The third kappa shape index (κ3) is 4.38. The van der Waals surface area contributed by atoms with Crippen molar-refractivity contribution >= 4 is 33.3 Å². The molecule has 1 amide bonds. The number of rotatable bonds is 5. The molecule has 158 valence electrons.